The molecule has 0 radical (unpaired) electrons. The van der Waals surface area contributed by atoms with Gasteiger partial charge in [0.2, 0.25) is 20.0 Å². The molecule has 0 aliphatic carbocycles. The van der Waals surface area contributed by atoms with Crippen LogP contribution in [-0.2, 0) is 32.5 Å². The number of nitrogens with zero attached hydrogens (tertiary/aromatic N) is 4. The number of H-pyrrole nitrogens is 1. The quantitative estimate of drug-likeness (QED) is 0.774. The molecular formula is C12H19N5O5S2. The number of aromatic amines is 1. The van der Waals surface area contributed by atoms with Gasteiger partial charge in [-0.1, -0.05) is 20.8 Å². The first-order valence-electron chi connectivity index (χ1n) is 6.82. The fraction of sp³-hybridized carbons (Fsp3) is 0.583. The summed E-state index contributed by atoms with van der Waals surface area (Å²) in [6, 6.07) is 0. The lowest BCUT2D eigenvalue weighted by molar-refractivity contribution is 0.545. The van der Waals surface area contributed by atoms with E-state index >= 15 is 0 Å². The Kier molecular flexibility index (Phi) is 4.04. The molecule has 0 saturated carbocycles. The van der Waals surface area contributed by atoms with Crippen molar-refractivity contribution in [2.75, 3.05) is 16.2 Å². The maximum Gasteiger partial charge on any atom is 0.264 e. The van der Waals surface area contributed by atoms with Crippen molar-refractivity contribution in [3.63, 3.8) is 0 Å². The first kappa shape index (κ1) is 18.4. The topological polar surface area (TPSA) is 135 Å². The molecule has 10 nitrogen and oxygen atoms in total. The van der Waals surface area contributed by atoms with Crippen LogP contribution in [0.5, 0.6) is 0 Å². The second kappa shape index (κ2) is 5.28. The zero-order valence-corrected chi connectivity index (χ0v) is 15.8. The molecule has 24 heavy (non-hydrogen) atoms. The van der Waals surface area contributed by atoms with Crippen LogP contribution in [0.25, 0.3) is 11.0 Å². The van der Waals surface area contributed by atoms with Gasteiger partial charge in [-0.2, -0.15) is 5.10 Å². The summed E-state index contributed by atoms with van der Waals surface area (Å²) in [5, 5.41) is 3.80. The Morgan fingerprint density at radius 2 is 1.58 bits per heavy atom. The van der Waals surface area contributed by atoms with Gasteiger partial charge in [0, 0.05) is 12.5 Å². The Morgan fingerprint density at radius 1 is 1.08 bits per heavy atom. The lowest BCUT2D eigenvalue weighted by atomic mass is 9.96. The first-order valence-corrected chi connectivity index (χ1v) is 10.5. The van der Waals surface area contributed by atoms with Gasteiger partial charge in [-0.25, -0.2) is 26.5 Å². The molecule has 0 aliphatic rings. The highest BCUT2D eigenvalue weighted by Crippen LogP contribution is 2.28. The van der Waals surface area contributed by atoms with Crippen molar-refractivity contribution in [3.8, 4) is 0 Å². The number of aryl methyl sites for hydroxylation is 1. The third kappa shape index (κ3) is 3.15. The van der Waals surface area contributed by atoms with Gasteiger partial charge in [-0.3, -0.25) is 4.79 Å². The molecule has 2 rings (SSSR count). The predicted octanol–water partition coefficient (Wildman–Crippen LogP) is -0.320. The molecule has 2 aromatic heterocycles. The molecule has 2 heterocycles. The molecule has 0 amide bonds. The smallest absolute Gasteiger partial charge is 0.264 e. The predicted molar refractivity (Wildman–Crippen MR) is 90.0 cm³/mol. The van der Waals surface area contributed by atoms with Gasteiger partial charge in [0.25, 0.3) is 5.56 Å². The minimum absolute atomic E-state index is 0.0292. The minimum atomic E-state index is -4.21. The molecule has 0 bridgehead atoms. The molecule has 134 valence electrons. The van der Waals surface area contributed by atoms with Gasteiger partial charge in [0.15, 0.2) is 11.5 Å². The minimum Gasteiger partial charge on any atom is -0.309 e. The van der Waals surface area contributed by atoms with E-state index in [-0.39, 0.29) is 20.6 Å². The highest BCUT2D eigenvalue weighted by Gasteiger charge is 2.34. The number of nitrogens with one attached hydrogen (secondary N) is 1. The highest BCUT2D eigenvalue weighted by molar-refractivity contribution is 8.09. The highest BCUT2D eigenvalue weighted by atomic mass is 32.3. The van der Waals surface area contributed by atoms with Crippen molar-refractivity contribution < 1.29 is 16.8 Å². The van der Waals surface area contributed by atoms with Gasteiger partial charge in [-0.15, -0.1) is 3.71 Å². The van der Waals surface area contributed by atoms with E-state index in [1.807, 2.05) is 20.8 Å². The van der Waals surface area contributed by atoms with Gasteiger partial charge in [0.05, 0.1) is 12.5 Å². The molecule has 0 fully saturated rings. The Balaban J connectivity index is 2.97. The van der Waals surface area contributed by atoms with E-state index in [9.17, 15) is 21.6 Å². The second-order valence-electron chi connectivity index (χ2n) is 6.53. The van der Waals surface area contributed by atoms with Crippen molar-refractivity contribution in [3.05, 3.63) is 16.2 Å². The van der Waals surface area contributed by atoms with Crippen LogP contribution in [0.4, 0.5) is 5.82 Å². The van der Waals surface area contributed by atoms with Crippen molar-refractivity contribution in [1.82, 2.24) is 19.7 Å². The van der Waals surface area contributed by atoms with Gasteiger partial charge in [0.1, 0.15) is 11.2 Å². The SMILES string of the molecule is Cn1nc2nc(C(C)(C)C)[nH]c(=O)c2c1N(S(C)(=O)=O)S(C)(=O)=O. The molecule has 0 unspecified atom stereocenters. The van der Waals surface area contributed by atoms with Crippen LogP contribution in [0, 0.1) is 0 Å². The molecular weight excluding hydrogens is 358 g/mol. The summed E-state index contributed by atoms with van der Waals surface area (Å²) >= 11 is 0. The normalized spacial score (nSPS) is 13.4. The first-order chi connectivity index (χ1) is 10.6. The van der Waals surface area contributed by atoms with Crippen molar-refractivity contribution in [2.24, 2.45) is 7.05 Å². The monoisotopic (exact) mass is 377 g/mol. The average Bonchev–Trinajstić information content (AvgIpc) is 2.61. The molecule has 2 aromatic rings. The summed E-state index contributed by atoms with van der Waals surface area (Å²) in [6.07, 6.45) is 1.47. The van der Waals surface area contributed by atoms with Crippen LogP contribution in [0.1, 0.15) is 26.6 Å². The van der Waals surface area contributed by atoms with E-state index in [4.69, 9.17) is 0 Å². The number of aromatic nitrogens is 4. The Hall–Kier alpha value is -1.95. The molecule has 0 aliphatic heterocycles. The summed E-state index contributed by atoms with van der Waals surface area (Å²) in [5.41, 5.74) is -1.16. The number of anilines is 1. The third-order valence-electron chi connectivity index (χ3n) is 3.16. The van der Waals surface area contributed by atoms with Crippen molar-refractivity contribution >= 4 is 36.9 Å². The summed E-state index contributed by atoms with van der Waals surface area (Å²) in [6.45, 7) is 5.50. The van der Waals surface area contributed by atoms with Gasteiger partial charge < -0.3 is 4.98 Å². The maximum absolute atomic E-state index is 12.5. The van der Waals surface area contributed by atoms with Crippen LogP contribution in [0.3, 0.4) is 0 Å². The third-order valence-corrected chi connectivity index (χ3v) is 6.34. The number of sulfonamides is 2. The fourth-order valence-electron chi connectivity index (χ4n) is 2.21. The number of rotatable bonds is 3. The fourth-order valence-corrected chi connectivity index (χ4v) is 5.23. The van der Waals surface area contributed by atoms with Crippen molar-refractivity contribution in [1.29, 1.82) is 0 Å². The van der Waals surface area contributed by atoms with Crippen LogP contribution in [0.2, 0.25) is 0 Å². The number of hydrogen-bond donors (Lipinski definition) is 1. The maximum atomic E-state index is 12.5. The molecule has 0 atom stereocenters. The standard InChI is InChI=1S/C12H19N5O5S2/c1-12(2,3)11-13-8-7(9(18)14-11)10(16(4)15-8)17(23(5,19)20)24(6,21)22/h1-6H3,(H,13,14,15,18). The van der Waals surface area contributed by atoms with Crippen LogP contribution >= 0.6 is 0 Å². The molecule has 0 saturated heterocycles. The largest absolute Gasteiger partial charge is 0.309 e. The lowest BCUT2D eigenvalue weighted by Gasteiger charge is -2.19. The molecule has 0 aromatic carbocycles. The van der Waals surface area contributed by atoms with Crippen LogP contribution < -0.4 is 9.27 Å². The van der Waals surface area contributed by atoms with E-state index in [2.05, 4.69) is 15.1 Å². The molecule has 1 N–H and O–H groups in total. The van der Waals surface area contributed by atoms with E-state index in [1.165, 1.54) is 7.05 Å². The van der Waals surface area contributed by atoms with Gasteiger partial charge >= 0.3 is 0 Å². The van der Waals surface area contributed by atoms with E-state index in [0.29, 0.717) is 5.82 Å². The Morgan fingerprint density at radius 3 is 2.00 bits per heavy atom. The van der Waals surface area contributed by atoms with Crippen molar-refractivity contribution in [2.45, 2.75) is 26.2 Å². The summed E-state index contributed by atoms with van der Waals surface area (Å²) in [5.74, 6) is -0.0147. The summed E-state index contributed by atoms with van der Waals surface area (Å²) < 4.78 is 49.1. The second-order valence-corrected chi connectivity index (χ2v) is 10.4. The van der Waals surface area contributed by atoms with Crippen LogP contribution in [0.15, 0.2) is 4.79 Å². The lowest BCUT2D eigenvalue weighted by Crippen LogP contribution is -2.37. The van der Waals surface area contributed by atoms with E-state index < -0.39 is 31.0 Å². The number of hydrogen-bond acceptors (Lipinski definition) is 7. The van der Waals surface area contributed by atoms with E-state index in [1.54, 1.807) is 0 Å². The van der Waals surface area contributed by atoms with Crippen LogP contribution in [-0.4, -0.2) is 49.1 Å². The van der Waals surface area contributed by atoms with Gasteiger partial charge in [-0.05, 0) is 0 Å². The summed E-state index contributed by atoms with van der Waals surface area (Å²) in [7, 11) is -7.08. The molecule has 12 heteroatoms. The Labute approximate surface area is 139 Å². The number of fused-ring (bicyclic) bond motifs is 1. The summed E-state index contributed by atoms with van der Waals surface area (Å²) in [4.78, 5) is 19.3. The molecule has 0 spiro atoms. The average molecular weight is 377 g/mol. The van der Waals surface area contributed by atoms with E-state index in [0.717, 1.165) is 17.2 Å². The Bertz CT molecular complexity index is 1040. The zero-order chi connectivity index (χ0) is 18.7. The zero-order valence-electron chi connectivity index (χ0n) is 14.1.